The van der Waals surface area contributed by atoms with E-state index in [4.69, 9.17) is 5.11 Å². The van der Waals surface area contributed by atoms with Crippen LogP contribution in [-0.2, 0) is 5.75 Å². The summed E-state index contributed by atoms with van der Waals surface area (Å²) in [6, 6.07) is 5.34. The molecular formula is C13H19NO2S. The molecule has 0 bridgehead atoms. The first-order valence-electron chi connectivity index (χ1n) is 5.56. The maximum Gasteiger partial charge on any atom is 0.335 e. The predicted molar refractivity (Wildman–Crippen MR) is 72.9 cm³/mol. The molecule has 0 amide bonds. The van der Waals surface area contributed by atoms with Gasteiger partial charge in [-0.05, 0) is 44.3 Å². The average Bonchev–Trinajstić information content (AvgIpc) is 2.25. The number of carbonyl (C=O) groups is 1. The van der Waals surface area contributed by atoms with Crippen molar-refractivity contribution in [3.05, 3.63) is 34.9 Å². The van der Waals surface area contributed by atoms with Gasteiger partial charge >= 0.3 is 5.97 Å². The molecule has 4 heteroatoms. The van der Waals surface area contributed by atoms with Crippen LogP contribution in [-0.4, -0.2) is 42.4 Å². The summed E-state index contributed by atoms with van der Waals surface area (Å²) < 4.78 is 0. The summed E-state index contributed by atoms with van der Waals surface area (Å²) in [5.41, 5.74) is 2.64. The molecular weight excluding hydrogens is 234 g/mol. The Labute approximate surface area is 107 Å². The third kappa shape index (κ3) is 4.79. The van der Waals surface area contributed by atoms with Crippen molar-refractivity contribution in [1.82, 2.24) is 4.90 Å². The first kappa shape index (κ1) is 14.1. The van der Waals surface area contributed by atoms with E-state index in [1.54, 1.807) is 12.1 Å². The largest absolute Gasteiger partial charge is 0.478 e. The number of carboxylic acid groups (broad SMARTS) is 1. The molecule has 0 aliphatic rings. The minimum absolute atomic E-state index is 0.365. The minimum atomic E-state index is -0.861. The van der Waals surface area contributed by atoms with Crippen LogP contribution in [0.4, 0.5) is 0 Å². The molecule has 0 aromatic heterocycles. The molecule has 3 nitrogen and oxygen atoms in total. The zero-order valence-electron chi connectivity index (χ0n) is 10.6. The van der Waals surface area contributed by atoms with Crippen LogP contribution in [0.3, 0.4) is 0 Å². The second kappa shape index (κ2) is 6.67. The molecule has 0 radical (unpaired) electrons. The molecule has 1 rings (SSSR count). The van der Waals surface area contributed by atoms with Crippen molar-refractivity contribution in [2.75, 3.05) is 26.4 Å². The summed E-state index contributed by atoms with van der Waals surface area (Å²) in [5.74, 6) is 1.17. The number of carboxylic acids is 1. The molecule has 0 heterocycles. The van der Waals surface area contributed by atoms with Crippen LogP contribution < -0.4 is 0 Å². The Balaban J connectivity index is 2.52. The normalized spacial score (nSPS) is 10.8. The molecule has 0 unspecified atom stereocenters. The zero-order valence-corrected chi connectivity index (χ0v) is 11.4. The lowest BCUT2D eigenvalue weighted by atomic mass is 10.1. The van der Waals surface area contributed by atoms with Crippen LogP contribution in [0.5, 0.6) is 0 Å². The van der Waals surface area contributed by atoms with Crippen molar-refractivity contribution in [2.45, 2.75) is 12.7 Å². The van der Waals surface area contributed by atoms with Crippen molar-refractivity contribution >= 4 is 17.7 Å². The Morgan fingerprint density at radius 3 is 2.65 bits per heavy atom. The topological polar surface area (TPSA) is 40.5 Å². The molecule has 1 N–H and O–H groups in total. The highest BCUT2D eigenvalue weighted by Gasteiger charge is 2.05. The average molecular weight is 253 g/mol. The van der Waals surface area contributed by atoms with Crippen molar-refractivity contribution in [3.8, 4) is 0 Å². The van der Waals surface area contributed by atoms with Gasteiger partial charge in [0.15, 0.2) is 0 Å². The van der Waals surface area contributed by atoms with Gasteiger partial charge in [-0.3, -0.25) is 0 Å². The molecule has 0 spiro atoms. The van der Waals surface area contributed by atoms with Gasteiger partial charge in [-0.25, -0.2) is 4.79 Å². The number of benzene rings is 1. The van der Waals surface area contributed by atoms with Gasteiger partial charge in [0.2, 0.25) is 0 Å². The second-order valence-corrected chi connectivity index (χ2v) is 5.41. The standard InChI is InChI=1S/C13H19NO2S/c1-10-8-11(13(15)16)4-5-12(10)9-17-7-6-14(2)3/h4-5,8H,6-7,9H2,1-3H3,(H,15,16). The Bertz CT molecular complexity index is 391. The van der Waals surface area contributed by atoms with E-state index in [0.29, 0.717) is 5.56 Å². The van der Waals surface area contributed by atoms with Gasteiger partial charge in [0.1, 0.15) is 0 Å². The van der Waals surface area contributed by atoms with Crippen molar-refractivity contribution in [3.63, 3.8) is 0 Å². The van der Waals surface area contributed by atoms with Crippen LogP contribution in [0.15, 0.2) is 18.2 Å². The van der Waals surface area contributed by atoms with E-state index in [2.05, 4.69) is 19.0 Å². The first-order chi connectivity index (χ1) is 8.00. The number of nitrogens with zero attached hydrogens (tertiary/aromatic N) is 1. The van der Waals surface area contributed by atoms with Crippen LogP contribution in [0, 0.1) is 6.92 Å². The lowest BCUT2D eigenvalue weighted by molar-refractivity contribution is 0.0697. The quantitative estimate of drug-likeness (QED) is 0.791. The number of aryl methyl sites for hydroxylation is 1. The summed E-state index contributed by atoms with van der Waals surface area (Å²) in [6.45, 7) is 3.03. The Morgan fingerprint density at radius 2 is 2.12 bits per heavy atom. The third-order valence-corrected chi connectivity index (χ3v) is 3.52. The van der Waals surface area contributed by atoms with E-state index in [1.807, 2.05) is 24.8 Å². The number of thioether (sulfide) groups is 1. The van der Waals surface area contributed by atoms with Crippen LogP contribution >= 0.6 is 11.8 Å². The van der Waals surface area contributed by atoms with E-state index in [1.165, 1.54) is 5.56 Å². The summed E-state index contributed by atoms with van der Waals surface area (Å²) in [5, 5.41) is 8.86. The van der Waals surface area contributed by atoms with Crippen molar-refractivity contribution in [1.29, 1.82) is 0 Å². The van der Waals surface area contributed by atoms with Gasteiger partial charge in [-0.15, -0.1) is 0 Å². The van der Waals surface area contributed by atoms with Gasteiger partial charge in [0.05, 0.1) is 5.56 Å². The van der Waals surface area contributed by atoms with E-state index in [0.717, 1.165) is 23.6 Å². The summed E-state index contributed by atoms with van der Waals surface area (Å²) in [6.07, 6.45) is 0. The highest BCUT2D eigenvalue weighted by Crippen LogP contribution is 2.17. The van der Waals surface area contributed by atoms with Gasteiger partial charge in [-0.1, -0.05) is 6.07 Å². The summed E-state index contributed by atoms with van der Waals surface area (Å²) in [7, 11) is 4.13. The molecule has 0 aliphatic carbocycles. The third-order valence-electron chi connectivity index (χ3n) is 2.53. The monoisotopic (exact) mass is 253 g/mol. The molecule has 17 heavy (non-hydrogen) atoms. The smallest absolute Gasteiger partial charge is 0.335 e. The van der Waals surface area contributed by atoms with Gasteiger partial charge < -0.3 is 10.0 Å². The van der Waals surface area contributed by atoms with E-state index in [-0.39, 0.29) is 0 Å². The fraction of sp³-hybridized carbons (Fsp3) is 0.462. The molecule has 1 aromatic carbocycles. The predicted octanol–water partition coefficient (Wildman–Crippen LogP) is 2.49. The Hall–Kier alpha value is -1.000. The number of hydrogen-bond acceptors (Lipinski definition) is 3. The fourth-order valence-corrected chi connectivity index (χ4v) is 2.60. The van der Waals surface area contributed by atoms with Crippen LogP contribution in [0.1, 0.15) is 21.5 Å². The first-order valence-corrected chi connectivity index (χ1v) is 6.71. The molecule has 1 aromatic rings. The molecule has 94 valence electrons. The lowest BCUT2D eigenvalue weighted by Gasteiger charge is -2.10. The molecule has 0 saturated heterocycles. The summed E-state index contributed by atoms with van der Waals surface area (Å²) in [4.78, 5) is 12.9. The second-order valence-electron chi connectivity index (χ2n) is 4.30. The Kier molecular flexibility index (Phi) is 5.51. The van der Waals surface area contributed by atoms with E-state index >= 15 is 0 Å². The van der Waals surface area contributed by atoms with Crippen LogP contribution in [0.2, 0.25) is 0 Å². The maximum atomic E-state index is 10.8. The number of hydrogen-bond donors (Lipinski definition) is 1. The van der Waals surface area contributed by atoms with Gasteiger partial charge in [0.25, 0.3) is 0 Å². The van der Waals surface area contributed by atoms with E-state index in [9.17, 15) is 4.79 Å². The molecule has 0 aliphatic heterocycles. The number of aromatic carboxylic acids is 1. The van der Waals surface area contributed by atoms with Gasteiger partial charge in [-0.2, -0.15) is 11.8 Å². The van der Waals surface area contributed by atoms with Crippen LogP contribution in [0.25, 0.3) is 0 Å². The fourth-order valence-electron chi connectivity index (χ4n) is 1.42. The highest BCUT2D eigenvalue weighted by atomic mass is 32.2. The van der Waals surface area contributed by atoms with E-state index < -0.39 is 5.97 Å². The lowest BCUT2D eigenvalue weighted by Crippen LogP contribution is -2.14. The molecule has 0 saturated carbocycles. The van der Waals surface area contributed by atoms with Crippen molar-refractivity contribution < 1.29 is 9.90 Å². The summed E-state index contributed by atoms with van der Waals surface area (Å²) >= 11 is 1.87. The SMILES string of the molecule is Cc1cc(C(=O)O)ccc1CSCCN(C)C. The molecule has 0 atom stereocenters. The van der Waals surface area contributed by atoms with Gasteiger partial charge in [0, 0.05) is 18.1 Å². The minimum Gasteiger partial charge on any atom is -0.478 e. The van der Waals surface area contributed by atoms with Crippen molar-refractivity contribution in [2.24, 2.45) is 0 Å². The highest BCUT2D eigenvalue weighted by molar-refractivity contribution is 7.98. The zero-order chi connectivity index (χ0) is 12.8. The maximum absolute atomic E-state index is 10.8. The Morgan fingerprint density at radius 1 is 1.41 bits per heavy atom. The number of rotatable bonds is 6. The molecule has 0 fully saturated rings.